The molecule has 0 aromatic rings. The number of hydrogen-bond donors (Lipinski definition) is 1. The Morgan fingerprint density at radius 3 is 2.25 bits per heavy atom. The fourth-order valence-corrected chi connectivity index (χ4v) is 3.73. The molecule has 0 heterocycles. The van der Waals surface area contributed by atoms with Crippen LogP contribution in [0, 0.1) is 0 Å². The third-order valence-electron chi connectivity index (χ3n) is 5.36. The minimum Gasteiger partial charge on any atom is -0.463 e. The van der Waals surface area contributed by atoms with E-state index in [1.54, 1.807) is 13.8 Å². The molecule has 162 valence electrons. The third kappa shape index (κ3) is 9.85. The number of aliphatic hydroxyl groups excluding tert-OH is 1. The summed E-state index contributed by atoms with van der Waals surface area (Å²) in [4.78, 5) is 11.7. The molecule has 0 aliphatic rings. The van der Waals surface area contributed by atoms with Crippen LogP contribution in [-0.2, 0) is 14.0 Å². The first kappa shape index (κ1) is 26.8. The van der Waals surface area contributed by atoms with Gasteiger partial charge in [-0.2, -0.15) is 0 Å². The molecule has 0 bridgehead atoms. The quantitative estimate of drug-likeness (QED) is 0.150. The monoisotopic (exact) mass is 410 g/mol. The van der Waals surface area contributed by atoms with E-state index >= 15 is 0 Å². The van der Waals surface area contributed by atoms with Gasteiger partial charge >= 0.3 is 5.97 Å². The lowest BCUT2D eigenvalue weighted by Gasteiger charge is -2.39. The van der Waals surface area contributed by atoms with Crippen molar-refractivity contribution in [3.05, 3.63) is 34.9 Å². The van der Waals surface area contributed by atoms with Crippen molar-refractivity contribution in [1.82, 2.24) is 0 Å². The van der Waals surface area contributed by atoms with Crippen molar-refractivity contribution in [3.63, 3.8) is 0 Å². The number of esters is 1. The van der Waals surface area contributed by atoms with E-state index in [-0.39, 0.29) is 23.7 Å². The zero-order valence-corrected chi connectivity index (χ0v) is 20.5. The van der Waals surface area contributed by atoms with Gasteiger partial charge in [0.05, 0.1) is 12.7 Å². The summed E-state index contributed by atoms with van der Waals surface area (Å²) in [7, 11) is -1.90. The predicted molar refractivity (Wildman–Crippen MR) is 121 cm³/mol. The molecule has 0 unspecified atom stereocenters. The Hall–Kier alpha value is -1.17. The van der Waals surface area contributed by atoms with Crippen LogP contribution >= 0.6 is 0 Å². The SMILES string of the molecule is CCOC(=O)/C(C)=C/C=C(\C)CC[C@@H](O[Si](C)(C)C(C)(C)C)/C(C)=C\CCO. The first-order valence-corrected chi connectivity index (χ1v) is 13.2. The number of carbonyl (C=O) groups is 1. The van der Waals surface area contributed by atoms with E-state index in [2.05, 4.69) is 53.8 Å². The molecule has 0 rings (SSSR count). The normalized spacial score (nSPS) is 15.6. The van der Waals surface area contributed by atoms with Gasteiger partial charge in [0.15, 0.2) is 8.32 Å². The Bertz CT molecular complexity index is 580. The van der Waals surface area contributed by atoms with Crippen molar-refractivity contribution in [2.45, 2.75) is 92.0 Å². The van der Waals surface area contributed by atoms with E-state index in [1.807, 2.05) is 12.2 Å². The topological polar surface area (TPSA) is 55.8 Å². The average Bonchev–Trinajstić information content (AvgIpc) is 2.60. The molecule has 0 radical (unpaired) electrons. The van der Waals surface area contributed by atoms with Crippen molar-refractivity contribution < 1.29 is 19.1 Å². The number of hydrogen-bond acceptors (Lipinski definition) is 4. The van der Waals surface area contributed by atoms with Crippen molar-refractivity contribution in [2.24, 2.45) is 0 Å². The van der Waals surface area contributed by atoms with Gasteiger partial charge in [0.1, 0.15) is 0 Å². The summed E-state index contributed by atoms with van der Waals surface area (Å²) >= 11 is 0. The van der Waals surface area contributed by atoms with Gasteiger partial charge in [0, 0.05) is 12.2 Å². The molecular formula is C23H42O4Si. The smallest absolute Gasteiger partial charge is 0.333 e. The van der Waals surface area contributed by atoms with E-state index in [4.69, 9.17) is 14.3 Å². The fraction of sp³-hybridized carbons (Fsp3) is 0.696. The number of rotatable bonds is 11. The highest BCUT2D eigenvalue weighted by Gasteiger charge is 2.39. The zero-order valence-electron chi connectivity index (χ0n) is 19.5. The van der Waals surface area contributed by atoms with Gasteiger partial charge in [0.25, 0.3) is 0 Å². The Morgan fingerprint density at radius 2 is 1.75 bits per heavy atom. The Labute approximate surface area is 173 Å². The molecule has 0 aromatic carbocycles. The van der Waals surface area contributed by atoms with Crippen LogP contribution in [0.2, 0.25) is 18.1 Å². The molecule has 1 N–H and O–H groups in total. The summed E-state index contributed by atoms with van der Waals surface area (Å²) < 4.78 is 11.7. The molecule has 5 heteroatoms. The summed E-state index contributed by atoms with van der Waals surface area (Å²) in [5.41, 5.74) is 2.99. The number of aliphatic hydroxyl groups is 1. The van der Waals surface area contributed by atoms with E-state index in [0.29, 0.717) is 18.6 Å². The Balaban J connectivity index is 5.22. The Morgan fingerprint density at radius 1 is 1.14 bits per heavy atom. The third-order valence-corrected chi connectivity index (χ3v) is 9.85. The second-order valence-electron chi connectivity index (χ2n) is 8.95. The van der Waals surface area contributed by atoms with Gasteiger partial charge in [-0.1, -0.05) is 44.6 Å². The summed E-state index contributed by atoms with van der Waals surface area (Å²) in [5.74, 6) is -0.270. The molecule has 0 spiro atoms. The second kappa shape index (κ2) is 12.4. The first-order chi connectivity index (χ1) is 12.9. The van der Waals surface area contributed by atoms with Crippen LogP contribution in [0.4, 0.5) is 0 Å². The van der Waals surface area contributed by atoms with Gasteiger partial charge < -0.3 is 14.3 Å². The highest BCUT2D eigenvalue weighted by molar-refractivity contribution is 6.74. The van der Waals surface area contributed by atoms with Gasteiger partial charge in [-0.25, -0.2) is 4.79 Å². The maximum atomic E-state index is 11.7. The maximum absolute atomic E-state index is 11.7. The molecule has 0 aliphatic carbocycles. The molecule has 0 fully saturated rings. The Kier molecular flexibility index (Phi) is 11.9. The number of carbonyl (C=O) groups excluding carboxylic acids is 1. The van der Waals surface area contributed by atoms with Crippen LogP contribution in [-0.4, -0.2) is 38.7 Å². The molecule has 0 aromatic heterocycles. The molecule has 0 saturated heterocycles. The summed E-state index contributed by atoms with van der Waals surface area (Å²) in [5, 5.41) is 9.30. The highest BCUT2D eigenvalue weighted by atomic mass is 28.4. The first-order valence-electron chi connectivity index (χ1n) is 10.3. The average molecular weight is 411 g/mol. The lowest BCUT2D eigenvalue weighted by atomic mass is 10.0. The van der Waals surface area contributed by atoms with Crippen molar-refractivity contribution in [3.8, 4) is 0 Å². The van der Waals surface area contributed by atoms with Crippen LogP contribution in [0.15, 0.2) is 34.9 Å². The van der Waals surface area contributed by atoms with Gasteiger partial charge in [0.2, 0.25) is 0 Å². The van der Waals surface area contributed by atoms with Gasteiger partial charge in [-0.15, -0.1) is 0 Å². The molecule has 1 atom stereocenters. The number of ether oxygens (including phenoxy) is 1. The van der Waals surface area contributed by atoms with Crippen LogP contribution in [0.3, 0.4) is 0 Å². The van der Waals surface area contributed by atoms with Gasteiger partial charge in [-0.05, 0) is 70.7 Å². The predicted octanol–water partition coefficient (Wildman–Crippen LogP) is 5.94. The van der Waals surface area contributed by atoms with Crippen molar-refractivity contribution >= 4 is 14.3 Å². The van der Waals surface area contributed by atoms with E-state index in [0.717, 1.165) is 12.8 Å². The van der Waals surface area contributed by atoms with Gasteiger partial charge in [-0.3, -0.25) is 0 Å². The summed E-state index contributed by atoms with van der Waals surface area (Å²) in [6.45, 7) is 19.6. The van der Waals surface area contributed by atoms with Crippen LogP contribution < -0.4 is 0 Å². The molecule has 0 saturated carbocycles. The fourth-order valence-electron chi connectivity index (χ4n) is 2.36. The molecule has 28 heavy (non-hydrogen) atoms. The summed E-state index contributed by atoms with van der Waals surface area (Å²) in [6, 6.07) is 0. The van der Waals surface area contributed by atoms with Crippen LogP contribution in [0.1, 0.15) is 67.7 Å². The standard InChI is InChI=1S/C23H42O4Si/c1-10-26-22(25)20(4)15-13-18(2)14-16-21(19(3)12-11-17-24)27-28(8,9)23(5,6)7/h12-13,15,21,24H,10-11,14,16-17H2,1-9H3/b18-13+,19-12-,20-15+/t21-/m1/s1. The van der Waals surface area contributed by atoms with E-state index in [1.165, 1.54) is 11.1 Å². The van der Waals surface area contributed by atoms with Crippen LogP contribution in [0.25, 0.3) is 0 Å². The largest absolute Gasteiger partial charge is 0.463 e. The lowest BCUT2D eigenvalue weighted by molar-refractivity contribution is -0.138. The lowest BCUT2D eigenvalue weighted by Crippen LogP contribution is -2.44. The van der Waals surface area contributed by atoms with E-state index in [9.17, 15) is 4.79 Å². The van der Waals surface area contributed by atoms with Crippen LogP contribution in [0.5, 0.6) is 0 Å². The summed E-state index contributed by atoms with van der Waals surface area (Å²) in [6.07, 6.45) is 8.37. The van der Waals surface area contributed by atoms with Crippen molar-refractivity contribution in [2.75, 3.05) is 13.2 Å². The van der Waals surface area contributed by atoms with E-state index < -0.39 is 8.32 Å². The zero-order chi connectivity index (χ0) is 22.0. The minimum atomic E-state index is -1.90. The molecule has 0 amide bonds. The maximum Gasteiger partial charge on any atom is 0.333 e. The number of allylic oxidation sites excluding steroid dienone is 3. The highest BCUT2D eigenvalue weighted by Crippen LogP contribution is 2.38. The molecule has 0 aliphatic heterocycles. The molecular weight excluding hydrogens is 368 g/mol. The second-order valence-corrected chi connectivity index (χ2v) is 13.7. The van der Waals surface area contributed by atoms with Crippen molar-refractivity contribution in [1.29, 1.82) is 0 Å². The molecule has 4 nitrogen and oxygen atoms in total. The minimum absolute atomic E-state index is 0.0472.